The summed E-state index contributed by atoms with van der Waals surface area (Å²) in [5.41, 5.74) is 0.762. The van der Waals surface area contributed by atoms with E-state index in [9.17, 15) is 9.90 Å². The molecule has 2 rings (SSSR count). The summed E-state index contributed by atoms with van der Waals surface area (Å²) in [6.07, 6.45) is 2.24. The molecule has 0 fully saturated rings. The topological polar surface area (TPSA) is 76.7 Å². The van der Waals surface area contributed by atoms with Crippen molar-refractivity contribution in [2.45, 2.75) is 25.4 Å². The Morgan fingerprint density at radius 2 is 2.04 bits per heavy atom. The van der Waals surface area contributed by atoms with Crippen molar-refractivity contribution in [1.29, 1.82) is 0 Å². The Labute approximate surface area is 138 Å². The number of benzene rings is 1. The lowest BCUT2D eigenvalue weighted by Gasteiger charge is -2.14. The molecular weight excluding hydrogens is 314 g/mol. The second-order valence-corrected chi connectivity index (χ2v) is 5.36. The van der Waals surface area contributed by atoms with Crippen molar-refractivity contribution < 1.29 is 9.94 Å². The quantitative estimate of drug-likeness (QED) is 0.381. The van der Waals surface area contributed by atoms with E-state index in [-0.39, 0.29) is 17.0 Å². The largest absolute Gasteiger partial charge is 0.493 e. The molecule has 1 aromatic heterocycles. The van der Waals surface area contributed by atoms with Gasteiger partial charge in [0.2, 0.25) is 5.88 Å². The third-order valence-electron chi connectivity index (χ3n) is 3.16. The van der Waals surface area contributed by atoms with Crippen LogP contribution < -0.4 is 5.56 Å². The maximum atomic E-state index is 12.9. The Morgan fingerprint density at radius 3 is 2.61 bits per heavy atom. The first kappa shape index (κ1) is 17.1. The van der Waals surface area contributed by atoms with Gasteiger partial charge in [0, 0.05) is 0 Å². The summed E-state index contributed by atoms with van der Waals surface area (Å²) in [5, 5.41) is 14.6. The lowest BCUT2D eigenvalue weighted by Crippen LogP contribution is -2.28. The van der Waals surface area contributed by atoms with Gasteiger partial charge in [0.25, 0.3) is 5.56 Å². The van der Waals surface area contributed by atoms with Crippen molar-refractivity contribution >= 4 is 17.5 Å². The third-order valence-corrected chi connectivity index (χ3v) is 3.80. The van der Waals surface area contributed by atoms with E-state index in [1.54, 1.807) is 13.2 Å². The number of rotatable bonds is 6. The zero-order valence-corrected chi connectivity index (χ0v) is 14.1. The summed E-state index contributed by atoms with van der Waals surface area (Å²) >= 11 is 1.29. The number of thioether (sulfide) groups is 1. The van der Waals surface area contributed by atoms with Gasteiger partial charge in [0.15, 0.2) is 5.16 Å². The van der Waals surface area contributed by atoms with E-state index < -0.39 is 0 Å². The van der Waals surface area contributed by atoms with Crippen molar-refractivity contribution in [2.24, 2.45) is 5.16 Å². The minimum absolute atomic E-state index is 0.0719. The zero-order valence-electron chi connectivity index (χ0n) is 13.3. The van der Waals surface area contributed by atoms with Gasteiger partial charge in [0.1, 0.15) is 12.2 Å². The molecule has 0 aliphatic heterocycles. The Kier molecular flexibility index (Phi) is 5.81. The van der Waals surface area contributed by atoms with Crippen molar-refractivity contribution in [3.05, 3.63) is 46.2 Å². The van der Waals surface area contributed by atoms with Gasteiger partial charge in [-0.1, -0.05) is 42.0 Å². The van der Waals surface area contributed by atoms with Crippen molar-refractivity contribution in [3.8, 4) is 11.6 Å². The van der Waals surface area contributed by atoms with Gasteiger partial charge in [-0.25, -0.2) is 0 Å². The van der Waals surface area contributed by atoms with Crippen LogP contribution in [0.4, 0.5) is 0 Å². The number of aromatic nitrogens is 2. The smallest absolute Gasteiger partial charge is 0.271 e. The summed E-state index contributed by atoms with van der Waals surface area (Å²) in [5.74, 6) is -0.327. The molecule has 1 heterocycles. The average Bonchev–Trinajstić information content (AvgIpc) is 2.57. The number of aromatic hydroxyl groups is 1. The Morgan fingerprint density at radius 1 is 1.35 bits per heavy atom. The van der Waals surface area contributed by atoms with Crippen LogP contribution in [-0.2, 0) is 4.84 Å². The number of hydrogen-bond donors (Lipinski definition) is 1. The van der Waals surface area contributed by atoms with Crippen LogP contribution in [0.1, 0.15) is 25.8 Å². The van der Waals surface area contributed by atoms with Crippen molar-refractivity contribution in [3.63, 3.8) is 0 Å². The predicted octanol–water partition coefficient (Wildman–Crippen LogP) is 2.81. The lowest BCUT2D eigenvalue weighted by molar-refractivity contribution is 0.158. The van der Waals surface area contributed by atoms with Crippen LogP contribution in [0.25, 0.3) is 5.69 Å². The molecule has 2 aromatic rings. The van der Waals surface area contributed by atoms with Gasteiger partial charge >= 0.3 is 0 Å². The second-order valence-electron chi connectivity index (χ2n) is 4.58. The molecule has 1 aromatic carbocycles. The summed E-state index contributed by atoms with van der Waals surface area (Å²) in [4.78, 5) is 22.1. The molecule has 1 N–H and O–H groups in total. The summed E-state index contributed by atoms with van der Waals surface area (Å²) < 4.78 is 1.47. The fourth-order valence-electron chi connectivity index (χ4n) is 2.11. The highest BCUT2D eigenvalue weighted by molar-refractivity contribution is 7.98. The van der Waals surface area contributed by atoms with Crippen molar-refractivity contribution in [2.75, 3.05) is 12.9 Å². The summed E-state index contributed by atoms with van der Waals surface area (Å²) in [6, 6.07) is 9.18. The molecule has 0 saturated carbocycles. The number of oxime groups is 1. The van der Waals surface area contributed by atoms with Gasteiger partial charge in [0.05, 0.1) is 11.4 Å². The van der Waals surface area contributed by atoms with E-state index in [1.807, 2.05) is 37.3 Å². The Bertz CT molecular complexity index is 757. The van der Waals surface area contributed by atoms with Gasteiger partial charge in [-0.05, 0) is 31.7 Å². The zero-order chi connectivity index (χ0) is 16.8. The average molecular weight is 333 g/mol. The van der Waals surface area contributed by atoms with Crippen LogP contribution in [0.5, 0.6) is 5.88 Å². The molecule has 122 valence electrons. The van der Waals surface area contributed by atoms with E-state index in [0.29, 0.717) is 29.6 Å². The van der Waals surface area contributed by atoms with Crippen LogP contribution in [0, 0.1) is 0 Å². The normalized spacial score (nSPS) is 11.5. The third kappa shape index (κ3) is 3.56. The van der Waals surface area contributed by atoms with E-state index in [1.165, 1.54) is 16.3 Å². The molecule has 0 amide bonds. The summed E-state index contributed by atoms with van der Waals surface area (Å²) in [7, 11) is 0. The maximum Gasteiger partial charge on any atom is 0.271 e. The van der Waals surface area contributed by atoms with E-state index in [4.69, 9.17) is 4.84 Å². The maximum absolute atomic E-state index is 12.9. The molecule has 0 radical (unpaired) electrons. The molecule has 0 aliphatic rings. The Hall–Kier alpha value is -2.28. The first-order chi connectivity index (χ1) is 11.1. The molecule has 7 heteroatoms. The van der Waals surface area contributed by atoms with Gasteiger partial charge in [-0.15, -0.1) is 0 Å². The monoisotopic (exact) mass is 333 g/mol. The van der Waals surface area contributed by atoms with Crippen LogP contribution >= 0.6 is 11.8 Å². The highest BCUT2D eigenvalue weighted by Gasteiger charge is 2.21. The van der Waals surface area contributed by atoms with E-state index in [0.717, 1.165) is 0 Å². The molecule has 0 spiro atoms. The van der Waals surface area contributed by atoms with E-state index >= 15 is 0 Å². The molecule has 0 atom stereocenters. The number of nitrogens with zero attached hydrogens (tertiary/aromatic N) is 3. The van der Waals surface area contributed by atoms with Gasteiger partial charge in [-0.3, -0.25) is 9.36 Å². The van der Waals surface area contributed by atoms with Crippen LogP contribution in [-0.4, -0.2) is 33.2 Å². The van der Waals surface area contributed by atoms with Crippen LogP contribution in [0.2, 0.25) is 0 Å². The fourth-order valence-corrected chi connectivity index (χ4v) is 2.66. The molecular formula is C16H19N3O3S. The van der Waals surface area contributed by atoms with Crippen molar-refractivity contribution in [1.82, 2.24) is 9.55 Å². The molecule has 23 heavy (non-hydrogen) atoms. The first-order valence-electron chi connectivity index (χ1n) is 7.28. The first-order valence-corrected chi connectivity index (χ1v) is 8.51. The van der Waals surface area contributed by atoms with Gasteiger partial charge in [-0.2, -0.15) is 4.98 Å². The second kappa shape index (κ2) is 7.82. The highest BCUT2D eigenvalue weighted by Crippen LogP contribution is 2.21. The molecule has 0 bridgehead atoms. The van der Waals surface area contributed by atoms with E-state index in [2.05, 4.69) is 10.1 Å². The van der Waals surface area contributed by atoms with Gasteiger partial charge < -0.3 is 9.94 Å². The predicted molar refractivity (Wildman–Crippen MR) is 91.7 cm³/mol. The molecule has 0 aliphatic carbocycles. The highest BCUT2D eigenvalue weighted by atomic mass is 32.2. The molecule has 6 nitrogen and oxygen atoms in total. The standard InChI is InChI=1S/C16H19N3O3S/c1-4-12(18-22-5-2)13-14(20)17-16(23-3)19(15(13)21)11-9-7-6-8-10-11/h6-10,20H,4-5H2,1-3H3/b18-12+. The lowest BCUT2D eigenvalue weighted by atomic mass is 10.1. The molecule has 0 saturated heterocycles. The molecule has 0 unspecified atom stereocenters. The number of hydrogen-bond acceptors (Lipinski definition) is 6. The SMILES string of the molecule is CCO/N=C(\CC)c1c(O)nc(SC)n(-c2ccccc2)c1=O. The fraction of sp³-hybridized carbons (Fsp3) is 0.312. The Balaban J connectivity index is 2.73. The van der Waals surface area contributed by atoms with Crippen LogP contribution in [0.15, 0.2) is 45.4 Å². The van der Waals surface area contributed by atoms with Crippen LogP contribution in [0.3, 0.4) is 0 Å². The minimum atomic E-state index is -0.367. The number of para-hydroxylation sites is 1. The minimum Gasteiger partial charge on any atom is -0.493 e. The summed E-state index contributed by atoms with van der Waals surface area (Å²) in [6.45, 7) is 4.02.